The molecule has 0 unspecified atom stereocenters. The highest BCUT2D eigenvalue weighted by Crippen LogP contribution is 2.47. The topological polar surface area (TPSA) is 76.8 Å². The molecule has 2 aliphatic rings. The molecule has 34 heavy (non-hydrogen) atoms. The monoisotopic (exact) mass is 454 g/mol. The maximum absolute atomic E-state index is 13.3. The Morgan fingerprint density at radius 3 is 2.76 bits per heavy atom. The lowest BCUT2D eigenvalue weighted by Crippen LogP contribution is -2.24. The van der Waals surface area contributed by atoms with Gasteiger partial charge in [-0.05, 0) is 86.0 Å². The second-order valence-corrected chi connectivity index (χ2v) is 10.1. The van der Waals surface area contributed by atoms with Crippen molar-refractivity contribution in [1.82, 2.24) is 24.6 Å². The van der Waals surface area contributed by atoms with Gasteiger partial charge in [0, 0.05) is 24.5 Å². The molecule has 1 fully saturated rings. The first-order valence-corrected chi connectivity index (χ1v) is 12.1. The van der Waals surface area contributed by atoms with Crippen molar-refractivity contribution >= 4 is 22.7 Å². The molecule has 1 saturated carbocycles. The van der Waals surface area contributed by atoms with Crippen LogP contribution in [0.1, 0.15) is 56.3 Å². The molecule has 0 radical (unpaired) electrons. The fourth-order valence-corrected chi connectivity index (χ4v) is 4.95. The van der Waals surface area contributed by atoms with Gasteiger partial charge in [-0.3, -0.25) is 4.79 Å². The van der Waals surface area contributed by atoms with Gasteiger partial charge in [-0.15, -0.1) is 0 Å². The van der Waals surface area contributed by atoms with E-state index in [1.165, 1.54) is 29.5 Å². The summed E-state index contributed by atoms with van der Waals surface area (Å²) >= 11 is 0. The standard InChI is InChI=1S/C27H30N6O/c1-17(2)32-25(34)23-16-29-26(30-21-8-7-19-15-28-12-9-18(19)13-21)31-24(23)33(32)22-6-4-5-20(14-22)27(3)10-11-27/h4-8,13-14,16-17,28H,9-12,15H2,1-3H3,(H,29,30,31). The normalized spacial score (nSPS) is 16.6. The average molecular weight is 455 g/mol. The van der Waals surface area contributed by atoms with Crippen molar-refractivity contribution in [1.29, 1.82) is 0 Å². The van der Waals surface area contributed by atoms with Crippen molar-refractivity contribution in [2.75, 3.05) is 11.9 Å². The lowest BCUT2D eigenvalue weighted by Gasteiger charge is -2.18. The van der Waals surface area contributed by atoms with Gasteiger partial charge in [0.25, 0.3) is 5.56 Å². The van der Waals surface area contributed by atoms with Crippen LogP contribution in [0.15, 0.2) is 53.5 Å². The van der Waals surface area contributed by atoms with Crippen LogP contribution in [0, 0.1) is 0 Å². The molecule has 0 spiro atoms. The van der Waals surface area contributed by atoms with Crippen LogP contribution in [0.25, 0.3) is 16.7 Å². The minimum absolute atomic E-state index is 0.0208. The predicted molar refractivity (Wildman–Crippen MR) is 135 cm³/mol. The zero-order valence-electron chi connectivity index (χ0n) is 19.9. The number of nitrogens with zero attached hydrogens (tertiary/aromatic N) is 4. The number of nitrogens with one attached hydrogen (secondary N) is 2. The summed E-state index contributed by atoms with van der Waals surface area (Å²) in [5.41, 5.74) is 6.70. The zero-order chi connectivity index (χ0) is 23.4. The summed E-state index contributed by atoms with van der Waals surface area (Å²) in [6.07, 6.45) is 5.06. The smallest absolute Gasteiger partial charge is 0.278 e. The highest BCUT2D eigenvalue weighted by atomic mass is 16.1. The Morgan fingerprint density at radius 2 is 1.97 bits per heavy atom. The van der Waals surface area contributed by atoms with E-state index < -0.39 is 0 Å². The second kappa shape index (κ2) is 7.81. The molecule has 0 saturated heterocycles. The Bertz CT molecular complexity index is 1460. The van der Waals surface area contributed by atoms with Crippen LogP contribution < -0.4 is 16.2 Å². The second-order valence-electron chi connectivity index (χ2n) is 10.1. The number of aromatic nitrogens is 4. The van der Waals surface area contributed by atoms with Gasteiger partial charge in [0.05, 0.1) is 5.69 Å². The predicted octanol–water partition coefficient (Wildman–Crippen LogP) is 4.60. The third kappa shape index (κ3) is 3.51. The minimum Gasteiger partial charge on any atom is -0.324 e. The molecule has 6 rings (SSSR count). The zero-order valence-corrected chi connectivity index (χ0v) is 19.9. The van der Waals surface area contributed by atoms with Crippen molar-refractivity contribution in [2.24, 2.45) is 0 Å². The van der Waals surface area contributed by atoms with Crippen LogP contribution in [0.5, 0.6) is 0 Å². The average Bonchev–Trinajstić information content (AvgIpc) is 3.53. The SMILES string of the molecule is CC(C)n1c(=O)c2cnc(Nc3ccc4c(c3)CCNC4)nc2n1-c1cccc(C2(C)CC2)c1. The molecule has 1 aliphatic heterocycles. The summed E-state index contributed by atoms with van der Waals surface area (Å²) in [6.45, 7) is 8.25. The van der Waals surface area contributed by atoms with Gasteiger partial charge in [0.15, 0.2) is 5.65 Å². The van der Waals surface area contributed by atoms with E-state index in [0.29, 0.717) is 17.0 Å². The van der Waals surface area contributed by atoms with Gasteiger partial charge in [-0.2, -0.15) is 4.98 Å². The molecule has 7 nitrogen and oxygen atoms in total. The van der Waals surface area contributed by atoms with E-state index in [-0.39, 0.29) is 17.0 Å². The molecule has 0 bridgehead atoms. The first-order chi connectivity index (χ1) is 16.4. The van der Waals surface area contributed by atoms with E-state index in [2.05, 4.69) is 65.0 Å². The van der Waals surface area contributed by atoms with Gasteiger partial charge in [0.2, 0.25) is 5.95 Å². The van der Waals surface area contributed by atoms with Crippen LogP contribution >= 0.6 is 0 Å². The number of benzene rings is 2. The van der Waals surface area contributed by atoms with Crippen molar-refractivity contribution in [3.63, 3.8) is 0 Å². The van der Waals surface area contributed by atoms with Gasteiger partial charge in [0.1, 0.15) is 5.39 Å². The van der Waals surface area contributed by atoms with Gasteiger partial charge in [-0.25, -0.2) is 14.3 Å². The molecule has 4 aromatic rings. The quantitative estimate of drug-likeness (QED) is 0.461. The number of anilines is 2. The summed E-state index contributed by atoms with van der Waals surface area (Å²) in [7, 11) is 0. The summed E-state index contributed by atoms with van der Waals surface area (Å²) in [4.78, 5) is 22.7. The van der Waals surface area contributed by atoms with Crippen LogP contribution in [0.4, 0.5) is 11.6 Å². The van der Waals surface area contributed by atoms with Crippen molar-refractivity contribution in [3.8, 4) is 5.69 Å². The molecule has 2 aromatic heterocycles. The number of rotatable bonds is 5. The van der Waals surface area contributed by atoms with E-state index in [1.54, 1.807) is 10.9 Å². The molecular weight excluding hydrogens is 424 g/mol. The summed E-state index contributed by atoms with van der Waals surface area (Å²) in [5.74, 6) is 0.487. The van der Waals surface area contributed by atoms with Gasteiger partial charge < -0.3 is 10.6 Å². The Morgan fingerprint density at radius 1 is 1.12 bits per heavy atom. The molecule has 2 N–H and O–H groups in total. The summed E-state index contributed by atoms with van der Waals surface area (Å²) in [5, 5.41) is 7.29. The molecule has 174 valence electrons. The maximum Gasteiger partial charge on any atom is 0.278 e. The number of fused-ring (bicyclic) bond motifs is 2. The third-order valence-electron chi connectivity index (χ3n) is 7.25. The Labute approximate surface area is 198 Å². The highest BCUT2D eigenvalue weighted by molar-refractivity contribution is 5.77. The van der Waals surface area contributed by atoms with Crippen LogP contribution in [0.3, 0.4) is 0 Å². The molecule has 0 amide bonds. The third-order valence-corrected chi connectivity index (χ3v) is 7.25. The molecule has 7 heteroatoms. The van der Waals surface area contributed by atoms with E-state index >= 15 is 0 Å². The van der Waals surface area contributed by atoms with Crippen molar-refractivity contribution in [2.45, 2.75) is 58.0 Å². The van der Waals surface area contributed by atoms with E-state index in [4.69, 9.17) is 4.98 Å². The van der Waals surface area contributed by atoms with Crippen LogP contribution in [-0.2, 0) is 18.4 Å². The van der Waals surface area contributed by atoms with E-state index in [9.17, 15) is 4.79 Å². The fraction of sp³-hybridized carbons (Fsp3) is 0.370. The first-order valence-electron chi connectivity index (χ1n) is 12.1. The summed E-state index contributed by atoms with van der Waals surface area (Å²) in [6, 6.07) is 14.9. The molecule has 1 aliphatic carbocycles. The fourth-order valence-electron chi connectivity index (χ4n) is 4.95. The Hall–Kier alpha value is -3.45. The Balaban J connectivity index is 1.46. The first kappa shape index (κ1) is 21.1. The maximum atomic E-state index is 13.3. The lowest BCUT2D eigenvalue weighted by molar-refractivity contribution is 0.475. The van der Waals surface area contributed by atoms with Crippen molar-refractivity contribution in [3.05, 3.63) is 75.7 Å². The molecular formula is C27H30N6O. The number of hydrogen-bond donors (Lipinski definition) is 2. The lowest BCUT2D eigenvalue weighted by atomic mass is 9.98. The highest BCUT2D eigenvalue weighted by Gasteiger charge is 2.39. The minimum atomic E-state index is -0.0686. The molecule has 0 atom stereocenters. The summed E-state index contributed by atoms with van der Waals surface area (Å²) < 4.78 is 3.74. The molecule has 2 aromatic carbocycles. The van der Waals surface area contributed by atoms with Crippen LogP contribution in [0.2, 0.25) is 0 Å². The van der Waals surface area contributed by atoms with Gasteiger partial charge in [-0.1, -0.05) is 25.1 Å². The molecule has 3 heterocycles. The van der Waals surface area contributed by atoms with Crippen molar-refractivity contribution < 1.29 is 0 Å². The Kier molecular flexibility index (Phi) is 4.85. The van der Waals surface area contributed by atoms with Gasteiger partial charge >= 0.3 is 0 Å². The van der Waals surface area contributed by atoms with E-state index in [1.807, 2.05) is 18.5 Å². The van der Waals surface area contributed by atoms with Crippen LogP contribution in [-0.4, -0.2) is 25.9 Å². The number of hydrogen-bond acceptors (Lipinski definition) is 5. The van der Waals surface area contributed by atoms with E-state index in [0.717, 1.165) is 30.9 Å². The largest absolute Gasteiger partial charge is 0.324 e.